The van der Waals surface area contributed by atoms with Gasteiger partial charge in [0.15, 0.2) is 0 Å². The number of hydrogen-bond donors (Lipinski definition) is 2. The lowest BCUT2D eigenvalue weighted by Gasteiger charge is -2.30. The Labute approximate surface area is 100 Å². The van der Waals surface area contributed by atoms with E-state index in [0.717, 1.165) is 25.9 Å². The Bertz CT molecular complexity index is 400. The van der Waals surface area contributed by atoms with E-state index in [1.54, 1.807) is 12.3 Å². The molecule has 0 radical (unpaired) electrons. The minimum Gasteiger partial charge on any atom is -0.478 e. The van der Waals surface area contributed by atoms with Crippen molar-refractivity contribution in [3.8, 4) is 0 Å². The predicted octanol–water partition coefficient (Wildman–Crippen LogP) is 1.29. The van der Waals surface area contributed by atoms with E-state index in [1.165, 1.54) is 6.20 Å². The molecule has 0 bridgehead atoms. The van der Waals surface area contributed by atoms with E-state index in [4.69, 9.17) is 5.11 Å². The molecule has 1 aromatic heterocycles. The van der Waals surface area contributed by atoms with Crippen molar-refractivity contribution in [1.29, 1.82) is 0 Å². The molecule has 0 saturated carbocycles. The topological polar surface area (TPSA) is 65.5 Å². The zero-order chi connectivity index (χ0) is 12.3. The molecule has 1 aromatic rings. The van der Waals surface area contributed by atoms with Crippen LogP contribution in [0.25, 0.3) is 0 Å². The number of rotatable bonds is 3. The molecular weight excluding hydrogens is 218 g/mol. The van der Waals surface area contributed by atoms with E-state index >= 15 is 0 Å². The third kappa shape index (κ3) is 2.94. The molecule has 0 spiro atoms. The summed E-state index contributed by atoms with van der Waals surface area (Å²) in [6.45, 7) is 2.09. The number of nitrogens with one attached hydrogen (secondary N) is 1. The number of carboxylic acids is 1. The maximum atomic E-state index is 11.0. The highest BCUT2D eigenvalue weighted by Gasteiger charge is 2.18. The number of carboxylic acid groups (broad SMARTS) is 1. The Hall–Kier alpha value is -1.62. The fourth-order valence-electron chi connectivity index (χ4n) is 2.06. The van der Waals surface area contributed by atoms with Crippen molar-refractivity contribution in [2.45, 2.75) is 18.9 Å². The number of likely N-dealkylation sites (tertiary alicyclic amines) is 1. The molecule has 0 aromatic carbocycles. The Morgan fingerprint density at radius 2 is 2.24 bits per heavy atom. The van der Waals surface area contributed by atoms with E-state index in [1.807, 2.05) is 0 Å². The third-order valence-corrected chi connectivity index (χ3v) is 3.13. The fraction of sp³-hybridized carbons (Fsp3) is 0.500. The number of carbonyl (C=O) groups is 1. The van der Waals surface area contributed by atoms with Gasteiger partial charge in [-0.05, 0) is 39.0 Å². The van der Waals surface area contributed by atoms with Gasteiger partial charge in [-0.2, -0.15) is 0 Å². The Morgan fingerprint density at radius 1 is 1.53 bits per heavy atom. The van der Waals surface area contributed by atoms with E-state index in [-0.39, 0.29) is 5.56 Å². The maximum absolute atomic E-state index is 11.0. The smallest absolute Gasteiger partial charge is 0.339 e. The minimum atomic E-state index is -0.937. The summed E-state index contributed by atoms with van der Waals surface area (Å²) in [5, 5.41) is 12.4. The standard InChI is InChI=1S/C12H17N3O2/c1-15-6-3-9(4-7-15)14-11-2-5-13-8-10(11)12(16)17/h2,5,8-9H,3-4,6-7H2,1H3,(H,13,14)(H,16,17). The van der Waals surface area contributed by atoms with E-state index in [0.29, 0.717) is 11.7 Å². The van der Waals surface area contributed by atoms with Crippen LogP contribution in [0.4, 0.5) is 5.69 Å². The normalized spacial score (nSPS) is 17.9. The maximum Gasteiger partial charge on any atom is 0.339 e. The van der Waals surface area contributed by atoms with Gasteiger partial charge in [0.25, 0.3) is 0 Å². The molecule has 17 heavy (non-hydrogen) atoms. The Kier molecular flexibility index (Phi) is 3.58. The summed E-state index contributed by atoms with van der Waals surface area (Å²) in [6, 6.07) is 2.08. The fourth-order valence-corrected chi connectivity index (χ4v) is 2.06. The van der Waals surface area contributed by atoms with Gasteiger partial charge in [0.2, 0.25) is 0 Å². The average Bonchev–Trinajstić information content (AvgIpc) is 2.32. The van der Waals surface area contributed by atoms with Gasteiger partial charge < -0.3 is 15.3 Å². The molecule has 2 N–H and O–H groups in total. The van der Waals surface area contributed by atoms with Crippen molar-refractivity contribution in [2.24, 2.45) is 0 Å². The van der Waals surface area contributed by atoms with Crippen molar-refractivity contribution in [1.82, 2.24) is 9.88 Å². The highest BCUT2D eigenvalue weighted by atomic mass is 16.4. The zero-order valence-electron chi connectivity index (χ0n) is 9.89. The number of piperidine rings is 1. The number of aromatic nitrogens is 1. The summed E-state index contributed by atoms with van der Waals surface area (Å²) < 4.78 is 0. The van der Waals surface area contributed by atoms with Gasteiger partial charge in [-0.1, -0.05) is 0 Å². The first kappa shape index (κ1) is 11.9. The second-order valence-corrected chi connectivity index (χ2v) is 4.45. The molecule has 5 nitrogen and oxygen atoms in total. The highest BCUT2D eigenvalue weighted by Crippen LogP contribution is 2.19. The van der Waals surface area contributed by atoms with Crippen LogP contribution < -0.4 is 5.32 Å². The van der Waals surface area contributed by atoms with E-state index in [9.17, 15) is 4.79 Å². The number of anilines is 1. The molecule has 5 heteroatoms. The molecule has 1 aliphatic heterocycles. The van der Waals surface area contributed by atoms with Gasteiger partial charge in [0.1, 0.15) is 5.56 Å². The first-order valence-electron chi connectivity index (χ1n) is 5.79. The SMILES string of the molecule is CN1CCC(Nc2ccncc2C(=O)O)CC1. The van der Waals surface area contributed by atoms with Gasteiger partial charge >= 0.3 is 5.97 Å². The van der Waals surface area contributed by atoms with Crippen LogP contribution in [0.5, 0.6) is 0 Å². The summed E-state index contributed by atoms with van der Waals surface area (Å²) in [6.07, 6.45) is 5.08. The molecule has 1 fully saturated rings. The minimum absolute atomic E-state index is 0.242. The van der Waals surface area contributed by atoms with Crippen LogP contribution in [0.3, 0.4) is 0 Å². The zero-order valence-corrected chi connectivity index (χ0v) is 9.89. The highest BCUT2D eigenvalue weighted by molar-refractivity contribution is 5.93. The Morgan fingerprint density at radius 3 is 2.88 bits per heavy atom. The van der Waals surface area contributed by atoms with Crippen LogP contribution in [0.15, 0.2) is 18.5 Å². The molecule has 2 heterocycles. The molecule has 1 saturated heterocycles. The number of pyridine rings is 1. The molecule has 2 rings (SSSR count). The van der Waals surface area contributed by atoms with Gasteiger partial charge in [-0.15, -0.1) is 0 Å². The van der Waals surface area contributed by atoms with Crippen LogP contribution in [-0.2, 0) is 0 Å². The summed E-state index contributed by atoms with van der Waals surface area (Å²) in [5.74, 6) is -0.937. The molecule has 0 unspecified atom stereocenters. The van der Waals surface area contributed by atoms with Gasteiger partial charge in [0.05, 0.1) is 5.69 Å². The summed E-state index contributed by atoms with van der Waals surface area (Å²) in [5.41, 5.74) is 0.911. The van der Waals surface area contributed by atoms with Crippen molar-refractivity contribution in [2.75, 3.05) is 25.5 Å². The number of nitrogens with zero attached hydrogens (tertiary/aromatic N) is 2. The predicted molar refractivity (Wildman–Crippen MR) is 65.3 cm³/mol. The van der Waals surface area contributed by atoms with Crippen molar-refractivity contribution in [3.05, 3.63) is 24.0 Å². The lowest BCUT2D eigenvalue weighted by atomic mass is 10.0. The van der Waals surface area contributed by atoms with E-state index in [2.05, 4.69) is 22.2 Å². The van der Waals surface area contributed by atoms with E-state index < -0.39 is 5.97 Å². The monoisotopic (exact) mass is 235 g/mol. The molecule has 0 atom stereocenters. The van der Waals surface area contributed by atoms with Crippen LogP contribution in [0.1, 0.15) is 23.2 Å². The second-order valence-electron chi connectivity index (χ2n) is 4.45. The quantitative estimate of drug-likeness (QED) is 0.826. The van der Waals surface area contributed by atoms with Crippen LogP contribution in [0.2, 0.25) is 0 Å². The molecule has 92 valence electrons. The molecule has 0 aliphatic carbocycles. The first-order valence-corrected chi connectivity index (χ1v) is 5.79. The summed E-state index contributed by atoms with van der Waals surface area (Å²) in [7, 11) is 2.10. The Balaban J connectivity index is 2.05. The largest absolute Gasteiger partial charge is 0.478 e. The number of aromatic carboxylic acids is 1. The summed E-state index contributed by atoms with van der Waals surface area (Å²) in [4.78, 5) is 17.2. The van der Waals surface area contributed by atoms with Gasteiger partial charge in [-0.3, -0.25) is 4.98 Å². The van der Waals surface area contributed by atoms with Crippen molar-refractivity contribution >= 4 is 11.7 Å². The third-order valence-electron chi connectivity index (χ3n) is 3.13. The molecular formula is C12H17N3O2. The van der Waals surface area contributed by atoms with Crippen molar-refractivity contribution in [3.63, 3.8) is 0 Å². The van der Waals surface area contributed by atoms with Gasteiger partial charge in [-0.25, -0.2) is 4.79 Å². The first-order chi connectivity index (χ1) is 8.16. The molecule has 0 amide bonds. The second kappa shape index (κ2) is 5.14. The van der Waals surface area contributed by atoms with Crippen LogP contribution in [0, 0.1) is 0 Å². The van der Waals surface area contributed by atoms with Crippen LogP contribution in [-0.4, -0.2) is 47.1 Å². The molecule has 1 aliphatic rings. The summed E-state index contributed by atoms with van der Waals surface area (Å²) >= 11 is 0. The average molecular weight is 235 g/mol. The lowest BCUT2D eigenvalue weighted by molar-refractivity contribution is 0.0697. The van der Waals surface area contributed by atoms with Gasteiger partial charge in [0, 0.05) is 18.4 Å². The van der Waals surface area contributed by atoms with Crippen molar-refractivity contribution < 1.29 is 9.90 Å². The number of hydrogen-bond acceptors (Lipinski definition) is 4. The lowest BCUT2D eigenvalue weighted by Crippen LogP contribution is -2.37. The van der Waals surface area contributed by atoms with Crippen LogP contribution >= 0.6 is 0 Å².